The molecule has 2 N–H and O–H groups in total. The molecule has 0 aliphatic heterocycles. The Balaban J connectivity index is 1.57. The lowest BCUT2D eigenvalue weighted by Crippen LogP contribution is -2.41. The molecule has 126 valence electrons. The van der Waals surface area contributed by atoms with Gasteiger partial charge in [0, 0.05) is 10.4 Å². The quantitative estimate of drug-likeness (QED) is 0.838. The fourth-order valence-electron chi connectivity index (χ4n) is 2.72. The number of carbonyl (C=O) groups excluding carboxylic acids is 2. The lowest BCUT2D eigenvalue weighted by Gasteiger charge is -2.08. The number of carbonyl (C=O) groups is 2. The number of ether oxygens (including phenoxy) is 1. The van der Waals surface area contributed by atoms with Crippen LogP contribution in [0.4, 0.5) is 0 Å². The topological polar surface area (TPSA) is 67.4 Å². The minimum Gasteiger partial charge on any atom is -0.494 e. The zero-order valence-electron chi connectivity index (χ0n) is 13.6. The first-order chi connectivity index (χ1) is 11.7. The summed E-state index contributed by atoms with van der Waals surface area (Å²) in [7, 11) is 0. The highest BCUT2D eigenvalue weighted by molar-refractivity contribution is 7.14. The predicted octanol–water partition coefficient (Wildman–Crippen LogP) is 3.10. The summed E-state index contributed by atoms with van der Waals surface area (Å²) in [6, 6.07) is 8.73. The molecule has 1 aromatic heterocycles. The van der Waals surface area contributed by atoms with E-state index in [1.165, 1.54) is 34.6 Å². The number of benzene rings is 1. The highest BCUT2D eigenvalue weighted by Crippen LogP contribution is 2.29. The van der Waals surface area contributed by atoms with E-state index in [-0.39, 0.29) is 11.8 Å². The van der Waals surface area contributed by atoms with Gasteiger partial charge in [-0.3, -0.25) is 20.4 Å². The van der Waals surface area contributed by atoms with Gasteiger partial charge in [-0.15, -0.1) is 11.3 Å². The van der Waals surface area contributed by atoms with E-state index in [2.05, 4.69) is 10.9 Å². The zero-order chi connectivity index (χ0) is 16.9. The summed E-state index contributed by atoms with van der Waals surface area (Å²) in [4.78, 5) is 26.2. The van der Waals surface area contributed by atoms with Crippen LogP contribution in [0.3, 0.4) is 0 Å². The highest BCUT2D eigenvalue weighted by Gasteiger charge is 2.17. The van der Waals surface area contributed by atoms with Crippen molar-refractivity contribution in [2.24, 2.45) is 0 Å². The molecule has 1 aliphatic rings. The molecule has 3 rings (SSSR count). The summed E-state index contributed by atoms with van der Waals surface area (Å²) in [5.74, 6) is 0.0867. The Hall–Kier alpha value is -2.34. The smallest absolute Gasteiger partial charge is 0.279 e. The molecular weight excluding hydrogens is 324 g/mol. The molecule has 0 saturated carbocycles. The van der Waals surface area contributed by atoms with E-state index in [9.17, 15) is 9.59 Å². The number of hydrazine groups is 1. The summed E-state index contributed by atoms with van der Waals surface area (Å²) in [5.41, 5.74) is 6.68. The van der Waals surface area contributed by atoms with Crippen molar-refractivity contribution in [2.45, 2.75) is 32.6 Å². The second-order valence-corrected chi connectivity index (χ2v) is 6.77. The molecule has 24 heavy (non-hydrogen) atoms. The lowest BCUT2D eigenvalue weighted by molar-refractivity contribution is 0.0849. The van der Waals surface area contributed by atoms with Crippen molar-refractivity contribution in [3.63, 3.8) is 0 Å². The molecule has 0 atom stereocenters. The largest absolute Gasteiger partial charge is 0.494 e. The third-order valence-corrected chi connectivity index (χ3v) is 5.17. The monoisotopic (exact) mass is 344 g/mol. The van der Waals surface area contributed by atoms with Crippen molar-refractivity contribution in [1.82, 2.24) is 10.9 Å². The van der Waals surface area contributed by atoms with Crippen LogP contribution in [0.2, 0.25) is 0 Å². The summed E-state index contributed by atoms with van der Waals surface area (Å²) in [6.45, 7) is 2.48. The SMILES string of the molecule is CCOc1ccc(C(=O)NNC(=O)c2cc3c(s2)CCCC3)cc1. The Labute approximate surface area is 145 Å². The number of nitrogens with one attached hydrogen (secondary N) is 2. The van der Waals surface area contributed by atoms with Crippen LogP contribution in [0.15, 0.2) is 30.3 Å². The van der Waals surface area contributed by atoms with Gasteiger partial charge >= 0.3 is 0 Å². The Morgan fingerprint density at radius 2 is 1.79 bits per heavy atom. The molecule has 0 bridgehead atoms. The number of aryl methyl sites for hydroxylation is 2. The fourth-order valence-corrected chi connectivity index (χ4v) is 3.87. The van der Waals surface area contributed by atoms with E-state index in [0.29, 0.717) is 22.8 Å². The number of amides is 2. The predicted molar refractivity (Wildman–Crippen MR) is 93.5 cm³/mol. The molecule has 0 radical (unpaired) electrons. The number of hydrogen-bond acceptors (Lipinski definition) is 4. The van der Waals surface area contributed by atoms with E-state index in [1.807, 2.05) is 13.0 Å². The van der Waals surface area contributed by atoms with Crippen LogP contribution in [-0.2, 0) is 12.8 Å². The first kappa shape index (κ1) is 16.5. The molecule has 0 fully saturated rings. The first-order valence-electron chi connectivity index (χ1n) is 8.12. The number of thiophene rings is 1. The van der Waals surface area contributed by atoms with Crippen molar-refractivity contribution in [3.8, 4) is 5.75 Å². The molecule has 6 heteroatoms. The van der Waals surface area contributed by atoms with E-state index in [0.717, 1.165) is 12.8 Å². The van der Waals surface area contributed by atoms with Crippen LogP contribution in [-0.4, -0.2) is 18.4 Å². The van der Waals surface area contributed by atoms with Gasteiger partial charge in [0.15, 0.2) is 0 Å². The Bertz CT molecular complexity index is 714. The van der Waals surface area contributed by atoms with Crippen molar-refractivity contribution in [1.29, 1.82) is 0 Å². The molecule has 0 unspecified atom stereocenters. The number of fused-ring (bicyclic) bond motifs is 1. The van der Waals surface area contributed by atoms with Gasteiger partial charge in [0.2, 0.25) is 0 Å². The molecule has 1 aliphatic carbocycles. The molecule has 1 heterocycles. The van der Waals surface area contributed by atoms with E-state index in [4.69, 9.17) is 4.74 Å². The summed E-state index contributed by atoms with van der Waals surface area (Å²) in [6.07, 6.45) is 4.45. The van der Waals surface area contributed by atoms with Crippen LogP contribution < -0.4 is 15.6 Å². The molecule has 0 saturated heterocycles. The average Bonchev–Trinajstić information content (AvgIpc) is 3.04. The van der Waals surface area contributed by atoms with Crippen molar-refractivity contribution < 1.29 is 14.3 Å². The van der Waals surface area contributed by atoms with Gasteiger partial charge in [-0.1, -0.05) is 0 Å². The van der Waals surface area contributed by atoms with Gasteiger partial charge in [-0.2, -0.15) is 0 Å². The van der Waals surface area contributed by atoms with Gasteiger partial charge in [-0.25, -0.2) is 0 Å². The number of rotatable bonds is 4. The van der Waals surface area contributed by atoms with E-state index >= 15 is 0 Å². The molecule has 5 nitrogen and oxygen atoms in total. The highest BCUT2D eigenvalue weighted by atomic mass is 32.1. The third-order valence-electron chi connectivity index (χ3n) is 3.94. The fraction of sp³-hybridized carbons (Fsp3) is 0.333. The lowest BCUT2D eigenvalue weighted by atomic mass is 9.99. The molecule has 0 spiro atoms. The average molecular weight is 344 g/mol. The molecule has 1 aromatic carbocycles. The molecule has 2 amide bonds. The van der Waals surface area contributed by atoms with Crippen LogP contribution in [0.25, 0.3) is 0 Å². The summed E-state index contributed by atoms with van der Waals surface area (Å²) in [5, 5.41) is 0. The molecular formula is C18H20N2O3S. The standard InChI is InChI=1S/C18H20N2O3S/c1-2-23-14-9-7-12(8-10-14)17(21)19-20-18(22)16-11-13-5-3-4-6-15(13)24-16/h7-11H,2-6H2,1H3,(H,19,21)(H,20,22). The van der Waals surface area contributed by atoms with Crippen LogP contribution in [0, 0.1) is 0 Å². The van der Waals surface area contributed by atoms with E-state index < -0.39 is 0 Å². The van der Waals surface area contributed by atoms with Crippen LogP contribution >= 0.6 is 11.3 Å². The Morgan fingerprint density at radius 3 is 2.50 bits per heavy atom. The van der Waals surface area contributed by atoms with Gasteiger partial charge in [-0.05, 0) is 68.5 Å². The Morgan fingerprint density at radius 1 is 1.08 bits per heavy atom. The van der Waals surface area contributed by atoms with Gasteiger partial charge in [0.1, 0.15) is 5.75 Å². The van der Waals surface area contributed by atoms with Crippen LogP contribution in [0.5, 0.6) is 5.75 Å². The zero-order valence-corrected chi connectivity index (χ0v) is 14.4. The van der Waals surface area contributed by atoms with Crippen molar-refractivity contribution >= 4 is 23.2 Å². The van der Waals surface area contributed by atoms with Crippen molar-refractivity contribution in [3.05, 3.63) is 51.2 Å². The maximum absolute atomic E-state index is 12.2. The van der Waals surface area contributed by atoms with E-state index in [1.54, 1.807) is 24.3 Å². The number of hydrogen-bond donors (Lipinski definition) is 2. The second-order valence-electron chi connectivity index (χ2n) is 5.63. The van der Waals surface area contributed by atoms with Gasteiger partial charge < -0.3 is 4.74 Å². The second kappa shape index (κ2) is 7.49. The van der Waals surface area contributed by atoms with Crippen molar-refractivity contribution in [2.75, 3.05) is 6.61 Å². The molecule has 2 aromatic rings. The summed E-state index contributed by atoms with van der Waals surface area (Å²) < 4.78 is 5.34. The third kappa shape index (κ3) is 3.76. The normalized spacial score (nSPS) is 13.0. The minimum absolute atomic E-state index is 0.270. The first-order valence-corrected chi connectivity index (χ1v) is 8.94. The maximum Gasteiger partial charge on any atom is 0.279 e. The maximum atomic E-state index is 12.2. The minimum atomic E-state index is -0.354. The van der Waals surface area contributed by atoms with Gasteiger partial charge in [0.25, 0.3) is 11.8 Å². The van der Waals surface area contributed by atoms with Crippen LogP contribution in [0.1, 0.15) is 50.2 Å². The summed E-state index contributed by atoms with van der Waals surface area (Å²) >= 11 is 1.52. The van der Waals surface area contributed by atoms with Gasteiger partial charge in [0.05, 0.1) is 11.5 Å². The Kier molecular flexibility index (Phi) is 5.15.